The third-order valence-electron chi connectivity index (χ3n) is 4.96. The summed E-state index contributed by atoms with van der Waals surface area (Å²) in [5.74, 6) is -2.19. The van der Waals surface area contributed by atoms with Crippen molar-refractivity contribution in [1.82, 2.24) is 5.32 Å². The van der Waals surface area contributed by atoms with Gasteiger partial charge in [-0.2, -0.15) is 13.2 Å². The van der Waals surface area contributed by atoms with Gasteiger partial charge in [-0.05, 0) is 67.5 Å². The Balaban J connectivity index is 1.69. The van der Waals surface area contributed by atoms with E-state index in [-0.39, 0.29) is 5.02 Å². The Morgan fingerprint density at radius 1 is 1.00 bits per heavy atom. The Morgan fingerprint density at radius 2 is 1.69 bits per heavy atom. The molecule has 0 saturated carbocycles. The summed E-state index contributed by atoms with van der Waals surface area (Å²) in [4.78, 5) is 24.4. The lowest BCUT2D eigenvalue weighted by Crippen LogP contribution is -2.37. The third kappa shape index (κ3) is 5.09. The van der Waals surface area contributed by atoms with Crippen molar-refractivity contribution >= 4 is 29.1 Å². The molecule has 2 amide bonds. The number of anilines is 1. The van der Waals surface area contributed by atoms with Gasteiger partial charge in [-0.15, -0.1) is 0 Å². The SMILES string of the molecule is CC(NC(=O)C(=O)Nc1ccc(Cl)cc1C(F)(F)F)c1ccc2c(c1)CCCC2. The Morgan fingerprint density at radius 3 is 2.38 bits per heavy atom. The van der Waals surface area contributed by atoms with Crippen molar-refractivity contribution in [1.29, 1.82) is 0 Å². The van der Waals surface area contributed by atoms with Crippen LogP contribution in [0.2, 0.25) is 5.02 Å². The summed E-state index contributed by atoms with van der Waals surface area (Å²) in [7, 11) is 0. The Labute approximate surface area is 171 Å². The van der Waals surface area contributed by atoms with Gasteiger partial charge in [-0.1, -0.05) is 29.8 Å². The molecule has 1 unspecified atom stereocenters. The molecule has 2 N–H and O–H groups in total. The lowest BCUT2D eigenvalue weighted by Gasteiger charge is -2.20. The van der Waals surface area contributed by atoms with Gasteiger partial charge < -0.3 is 10.6 Å². The molecule has 0 spiro atoms. The van der Waals surface area contributed by atoms with Crippen molar-refractivity contribution in [2.45, 2.75) is 44.8 Å². The van der Waals surface area contributed by atoms with Crippen LogP contribution in [0.25, 0.3) is 0 Å². The molecule has 0 radical (unpaired) electrons. The maximum Gasteiger partial charge on any atom is 0.418 e. The highest BCUT2D eigenvalue weighted by Crippen LogP contribution is 2.36. The van der Waals surface area contributed by atoms with E-state index < -0.39 is 35.3 Å². The van der Waals surface area contributed by atoms with Crippen LogP contribution in [0, 0.1) is 0 Å². The van der Waals surface area contributed by atoms with Crippen molar-refractivity contribution in [2.24, 2.45) is 0 Å². The number of aryl methyl sites for hydroxylation is 2. The number of carbonyl (C=O) groups excluding carboxylic acids is 2. The van der Waals surface area contributed by atoms with Crippen LogP contribution in [0.1, 0.15) is 48.1 Å². The van der Waals surface area contributed by atoms with E-state index in [1.165, 1.54) is 17.2 Å². The summed E-state index contributed by atoms with van der Waals surface area (Å²) in [5.41, 5.74) is 1.72. The Kier molecular flexibility index (Phi) is 6.17. The summed E-state index contributed by atoms with van der Waals surface area (Å²) in [6.45, 7) is 1.72. The second-order valence-electron chi connectivity index (χ2n) is 7.07. The fourth-order valence-electron chi connectivity index (χ4n) is 3.41. The number of hydrogen-bond acceptors (Lipinski definition) is 2. The normalized spacial score (nSPS) is 14.7. The average molecular weight is 425 g/mol. The number of rotatable bonds is 3. The van der Waals surface area contributed by atoms with Gasteiger partial charge in [0.2, 0.25) is 0 Å². The zero-order valence-corrected chi connectivity index (χ0v) is 16.5. The van der Waals surface area contributed by atoms with Crippen molar-refractivity contribution in [2.75, 3.05) is 5.32 Å². The first kappa shape index (κ1) is 21.2. The van der Waals surface area contributed by atoms with E-state index in [1.807, 2.05) is 23.5 Å². The second-order valence-corrected chi connectivity index (χ2v) is 7.51. The number of nitrogens with one attached hydrogen (secondary N) is 2. The smallest absolute Gasteiger partial charge is 0.341 e. The van der Waals surface area contributed by atoms with E-state index in [9.17, 15) is 22.8 Å². The summed E-state index contributed by atoms with van der Waals surface area (Å²) in [6.07, 6.45) is -0.450. The van der Waals surface area contributed by atoms with Gasteiger partial charge in [0.05, 0.1) is 17.3 Å². The van der Waals surface area contributed by atoms with Crippen LogP contribution in [0.15, 0.2) is 36.4 Å². The maximum absolute atomic E-state index is 13.1. The Bertz CT molecular complexity index is 944. The molecule has 0 aromatic heterocycles. The van der Waals surface area contributed by atoms with E-state index >= 15 is 0 Å². The molecular formula is C21H20ClF3N2O2. The number of hydrogen-bond donors (Lipinski definition) is 2. The van der Waals surface area contributed by atoms with Crippen LogP contribution in [0.3, 0.4) is 0 Å². The number of carbonyl (C=O) groups is 2. The topological polar surface area (TPSA) is 58.2 Å². The lowest BCUT2D eigenvalue weighted by molar-refractivity contribution is -0.138. The Hall–Kier alpha value is -2.54. The minimum absolute atomic E-state index is 0.124. The summed E-state index contributed by atoms with van der Waals surface area (Å²) >= 11 is 5.62. The minimum Gasteiger partial charge on any atom is -0.341 e. The molecule has 1 atom stereocenters. The van der Waals surface area contributed by atoms with E-state index in [0.717, 1.165) is 37.3 Å². The monoisotopic (exact) mass is 424 g/mol. The highest BCUT2D eigenvalue weighted by molar-refractivity contribution is 6.39. The molecule has 0 fully saturated rings. The van der Waals surface area contributed by atoms with Crippen LogP contribution in [-0.2, 0) is 28.6 Å². The highest BCUT2D eigenvalue weighted by Gasteiger charge is 2.34. The first-order valence-corrected chi connectivity index (χ1v) is 9.63. The predicted octanol–water partition coefficient (Wildman–Crippen LogP) is 5.05. The van der Waals surface area contributed by atoms with Gasteiger partial charge in [-0.25, -0.2) is 0 Å². The molecule has 0 saturated heterocycles. The highest BCUT2D eigenvalue weighted by atomic mass is 35.5. The van der Waals surface area contributed by atoms with E-state index in [2.05, 4.69) is 5.32 Å². The molecule has 2 aromatic carbocycles. The van der Waals surface area contributed by atoms with Gasteiger partial charge in [0.25, 0.3) is 0 Å². The molecule has 0 heterocycles. The number of benzene rings is 2. The lowest BCUT2D eigenvalue weighted by atomic mass is 9.89. The first-order valence-electron chi connectivity index (χ1n) is 9.25. The van der Waals surface area contributed by atoms with Gasteiger partial charge in [0.15, 0.2) is 0 Å². The molecule has 3 rings (SSSR count). The first-order chi connectivity index (χ1) is 13.6. The van der Waals surface area contributed by atoms with Crippen LogP contribution in [0.4, 0.5) is 18.9 Å². The molecule has 4 nitrogen and oxygen atoms in total. The van der Waals surface area contributed by atoms with Crippen LogP contribution in [-0.4, -0.2) is 11.8 Å². The minimum atomic E-state index is -4.72. The van der Waals surface area contributed by atoms with E-state index in [0.29, 0.717) is 6.07 Å². The number of amides is 2. The zero-order chi connectivity index (χ0) is 21.2. The number of halogens is 4. The van der Waals surface area contributed by atoms with Crippen LogP contribution < -0.4 is 10.6 Å². The standard InChI is InChI=1S/C21H20ClF3N2O2/c1-12(14-7-6-13-4-2-3-5-15(13)10-14)26-19(28)20(29)27-18-9-8-16(22)11-17(18)21(23,24)25/h6-12H,2-5H2,1H3,(H,26,28)(H,27,29). The second kappa shape index (κ2) is 8.45. The molecule has 0 aliphatic heterocycles. The number of alkyl halides is 3. The fraction of sp³-hybridized carbons (Fsp3) is 0.333. The van der Waals surface area contributed by atoms with Gasteiger partial charge >= 0.3 is 18.0 Å². The molecule has 1 aliphatic carbocycles. The average Bonchev–Trinajstić information content (AvgIpc) is 2.68. The van der Waals surface area contributed by atoms with Crippen molar-refractivity contribution < 1.29 is 22.8 Å². The molecule has 29 heavy (non-hydrogen) atoms. The van der Waals surface area contributed by atoms with Gasteiger partial charge in [0, 0.05) is 5.02 Å². The molecular weight excluding hydrogens is 405 g/mol. The molecule has 154 valence electrons. The van der Waals surface area contributed by atoms with Crippen molar-refractivity contribution in [3.8, 4) is 0 Å². The molecule has 2 aromatic rings. The molecule has 8 heteroatoms. The van der Waals surface area contributed by atoms with Crippen LogP contribution in [0.5, 0.6) is 0 Å². The predicted molar refractivity (Wildman–Crippen MR) is 105 cm³/mol. The zero-order valence-electron chi connectivity index (χ0n) is 15.7. The maximum atomic E-state index is 13.1. The van der Waals surface area contributed by atoms with Gasteiger partial charge in [0.1, 0.15) is 0 Å². The summed E-state index contributed by atoms with van der Waals surface area (Å²) in [6, 6.07) is 8.39. The van der Waals surface area contributed by atoms with Crippen LogP contribution >= 0.6 is 11.6 Å². The summed E-state index contributed by atoms with van der Waals surface area (Å²) in [5, 5.41) is 4.43. The largest absolute Gasteiger partial charge is 0.418 e. The fourth-order valence-corrected chi connectivity index (χ4v) is 3.58. The van der Waals surface area contributed by atoms with E-state index in [4.69, 9.17) is 11.6 Å². The van der Waals surface area contributed by atoms with Crippen molar-refractivity contribution in [3.63, 3.8) is 0 Å². The molecule has 1 aliphatic rings. The summed E-state index contributed by atoms with van der Waals surface area (Å²) < 4.78 is 39.4. The molecule has 0 bridgehead atoms. The van der Waals surface area contributed by atoms with Gasteiger partial charge in [-0.3, -0.25) is 9.59 Å². The van der Waals surface area contributed by atoms with E-state index in [1.54, 1.807) is 6.92 Å². The quantitative estimate of drug-likeness (QED) is 0.677. The third-order valence-corrected chi connectivity index (χ3v) is 5.20. The number of fused-ring (bicyclic) bond motifs is 1. The van der Waals surface area contributed by atoms with Crippen molar-refractivity contribution in [3.05, 3.63) is 63.7 Å².